The number of aliphatic hydroxyl groups is 2. The van der Waals surface area contributed by atoms with E-state index >= 15 is 4.79 Å². The molecule has 0 amide bonds. The molecule has 19 heteroatoms. The van der Waals surface area contributed by atoms with Crippen LogP contribution in [0.1, 0.15) is 77.9 Å². The number of cyclic esters (lactones) is 1. The van der Waals surface area contributed by atoms with Crippen LogP contribution >= 0.6 is 0 Å². The maximum Gasteiger partial charge on any atom is 0.340 e. The topological polar surface area (TPSA) is 264 Å². The average molecular weight is 778 g/mol. The SMILES string of the molecule is CC(=O)OC[C@]12[C@H](OC(C)=O)C(=O)[C@@H]3[C@@H](OC(C)=O)[C@@]14O[C@@]3(C)COC(=O)c1cccnc1CC[C@@](C)(O)C(=O)O[C@@H]([C@H](OC(C)=O)[C@@H]2OC(C)=O)[C@]4(C)O. The van der Waals surface area contributed by atoms with Gasteiger partial charge in [-0.1, -0.05) is 0 Å². The minimum atomic E-state index is -2.93. The number of carbonyl (C=O) groups is 8. The quantitative estimate of drug-likeness (QED) is 0.275. The molecule has 2 N–H and O–H groups in total. The van der Waals surface area contributed by atoms with E-state index in [1.54, 1.807) is 0 Å². The predicted molar refractivity (Wildman–Crippen MR) is 176 cm³/mol. The molecule has 4 bridgehead atoms. The zero-order valence-electron chi connectivity index (χ0n) is 31.4. The Bertz CT molecular complexity index is 1820. The molecular weight excluding hydrogens is 734 g/mol. The zero-order chi connectivity index (χ0) is 41.1. The van der Waals surface area contributed by atoms with Crippen molar-refractivity contribution in [3.63, 3.8) is 0 Å². The molecule has 5 rings (SSSR count). The number of Topliss-reactive ketones (excluding diaryl/α,β-unsaturated/α-hetero) is 1. The van der Waals surface area contributed by atoms with Gasteiger partial charge in [0, 0.05) is 40.8 Å². The van der Waals surface area contributed by atoms with Crippen molar-refractivity contribution >= 4 is 47.6 Å². The molecule has 1 aromatic rings. The number of aryl methyl sites for hydroxylation is 1. The van der Waals surface area contributed by atoms with Crippen LogP contribution in [0.4, 0.5) is 0 Å². The van der Waals surface area contributed by atoms with E-state index in [1.165, 1.54) is 25.3 Å². The van der Waals surface area contributed by atoms with E-state index < -0.39 is 131 Å². The van der Waals surface area contributed by atoms with Crippen molar-refractivity contribution in [3.05, 3.63) is 29.6 Å². The Hall–Kier alpha value is -5.01. The lowest BCUT2D eigenvalue weighted by Crippen LogP contribution is -2.88. The van der Waals surface area contributed by atoms with Crippen LogP contribution in [0, 0.1) is 11.3 Å². The van der Waals surface area contributed by atoms with Gasteiger partial charge in [0.25, 0.3) is 0 Å². The number of pyridine rings is 1. The lowest BCUT2D eigenvalue weighted by atomic mass is 9.45. The Morgan fingerprint density at radius 3 is 2.04 bits per heavy atom. The van der Waals surface area contributed by atoms with Gasteiger partial charge in [-0.25, -0.2) is 9.59 Å². The number of nitrogens with zero attached hydrogens (tertiary/aromatic N) is 1. The fourth-order valence-electron chi connectivity index (χ4n) is 8.60. The summed E-state index contributed by atoms with van der Waals surface area (Å²) in [6.07, 6.45) is -10.1. The van der Waals surface area contributed by atoms with Gasteiger partial charge in [-0.2, -0.15) is 0 Å². The molecule has 0 unspecified atom stereocenters. The van der Waals surface area contributed by atoms with Gasteiger partial charge in [0.1, 0.15) is 35.9 Å². The first-order valence-electron chi connectivity index (χ1n) is 17.3. The van der Waals surface area contributed by atoms with Gasteiger partial charge >= 0.3 is 41.8 Å². The summed E-state index contributed by atoms with van der Waals surface area (Å²) in [5.74, 6) is -10.8. The van der Waals surface area contributed by atoms with Crippen LogP contribution in [0.5, 0.6) is 0 Å². The lowest BCUT2D eigenvalue weighted by molar-refractivity contribution is -0.377. The number of aromatic nitrogens is 1. The summed E-state index contributed by atoms with van der Waals surface area (Å²) in [5, 5.41) is 24.7. The highest BCUT2D eigenvalue weighted by atomic mass is 16.7. The third-order valence-electron chi connectivity index (χ3n) is 10.7. The summed E-state index contributed by atoms with van der Waals surface area (Å²) >= 11 is 0. The number of ketones is 1. The Balaban J connectivity index is 1.96. The summed E-state index contributed by atoms with van der Waals surface area (Å²) in [5.41, 5.74) is -13.1. The maximum atomic E-state index is 15.1. The molecule has 1 aromatic heterocycles. The fraction of sp³-hybridized carbons (Fsp3) is 0.639. The minimum absolute atomic E-state index is 0.0907. The second-order valence-electron chi connectivity index (χ2n) is 14.8. The smallest absolute Gasteiger partial charge is 0.340 e. The van der Waals surface area contributed by atoms with Crippen molar-refractivity contribution < 1.29 is 86.5 Å². The van der Waals surface area contributed by atoms with Crippen LogP contribution in [0.2, 0.25) is 0 Å². The number of carbonyl (C=O) groups excluding carboxylic acids is 8. The molecule has 19 nitrogen and oxygen atoms in total. The number of hydrogen-bond acceptors (Lipinski definition) is 19. The van der Waals surface area contributed by atoms with Gasteiger partial charge in [0.05, 0.1) is 17.2 Å². The van der Waals surface area contributed by atoms with Crippen LogP contribution < -0.4 is 0 Å². The van der Waals surface area contributed by atoms with Crippen LogP contribution in [-0.4, -0.2) is 129 Å². The third kappa shape index (κ3) is 6.60. The average Bonchev–Trinajstić information content (AvgIpc) is 3.30. The summed E-state index contributed by atoms with van der Waals surface area (Å²) in [7, 11) is 0. The monoisotopic (exact) mass is 777 g/mol. The van der Waals surface area contributed by atoms with Gasteiger partial charge in [-0.3, -0.25) is 33.8 Å². The normalized spacial score (nSPS) is 38.2. The largest absolute Gasteiger partial charge is 0.465 e. The third-order valence-corrected chi connectivity index (χ3v) is 10.7. The number of esters is 7. The van der Waals surface area contributed by atoms with Gasteiger partial charge < -0.3 is 48.1 Å². The molecule has 3 fully saturated rings. The van der Waals surface area contributed by atoms with Crippen LogP contribution in [0.25, 0.3) is 0 Å². The Labute approximate surface area is 314 Å². The van der Waals surface area contributed by atoms with Crippen molar-refractivity contribution in [1.29, 1.82) is 0 Å². The summed E-state index contributed by atoms with van der Waals surface area (Å²) in [6, 6.07) is 2.79. The Kier molecular flexibility index (Phi) is 10.7. The fourth-order valence-corrected chi connectivity index (χ4v) is 8.60. The molecule has 1 spiro atoms. The first kappa shape index (κ1) is 41.2. The number of ether oxygens (including phenoxy) is 8. The van der Waals surface area contributed by atoms with Crippen LogP contribution in [0.3, 0.4) is 0 Å². The lowest BCUT2D eigenvalue weighted by Gasteiger charge is -2.66. The molecule has 2 aliphatic carbocycles. The van der Waals surface area contributed by atoms with Crippen LogP contribution in [0.15, 0.2) is 18.3 Å². The summed E-state index contributed by atoms with van der Waals surface area (Å²) < 4.78 is 46.8. The van der Waals surface area contributed by atoms with Crippen molar-refractivity contribution in [1.82, 2.24) is 4.98 Å². The first-order chi connectivity index (χ1) is 25.5. The predicted octanol–water partition coefficient (Wildman–Crippen LogP) is -0.385. The Morgan fingerprint density at radius 1 is 0.855 bits per heavy atom. The zero-order valence-corrected chi connectivity index (χ0v) is 31.4. The van der Waals surface area contributed by atoms with Crippen molar-refractivity contribution in [2.45, 2.75) is 121 Å². The number of hydrogen-bond donors (Lipinski definition) is 2. The second-order valence-corrected chi connectivity index (χ2v) is 14.8. The van der Waals surface area contributed by atoms with E-state index in [-0.39, 0.29) is 17.7 Å². The van der Waals surface area contributed by atoms with Gasteiger partial charge in [0.15, 0.2) is 41.4 Å². The van der Waals surface area contributed by atoms with E-state index in [9.17, 15) is 43.8 Å². The van der Waals surface area contributed by atoms with Crippen molar-refractivity contribution in [2.75, 3.05) is 13.2 Å². The van der Waals surface area contributed by atoms with Gasteiger partial charge in [0.2, 0.25) is 0 Å². The molecule has 2 saturated carbocycles. The molecular formula is C36H43NO18. The molecule has 4 aliphatic rings. The van der Waals surface area contributed by atoms with E-state index in [4.69, 9.17) is 37.9 Å². The van der Waals surface area contributed by atoms with Gasteiger partial charge in [-0.05, 0) is 45.7 Å². The minimum Gasteiger partial charge on any atom is -0.465 e. The molecule has 300 valence electrons. The van der Waals surface area contributed by atoms with Crippen LogP contribution in [-0.2, 0) is 77.9 Å². The second kappa shape index (κ2) is 14.2. The highest BCUT2D eigenvalue weighted by Crippen LogP contribution is 2.69. The van der Waals surface area contributed by atoms with Crippen molar-refractivity contribution in [3.8, 4) is 0 Å². The highest BCUT2D eigenvalue weighted by Gasteiger charge is 2.91. The molecule has 0 aromatic carbocycles. The Morgan fingerprint density at radius 2 is 1.45 bits per heavy atom. The number of fused-ring (bicyclic) bond motifs is 5. The van der Waals surface area contributed by atoms with E-state index in [2.05, 4.69) is 4.98 Å². The molecule has 11 atom stereocenters. The molecule has 1 saturated heterocycles. The van der Waals surface area contributed by atoms with Crippen molar-refractivity contribution in [2.24, 2.45) is 11.3 Å². The summed E-state index contributed by atoms with van der Waals surface area (Å²) in [4.78, 5) is 112. The van der Waals surface area contributed by atoms with E-state index in [0.29, 0.717) is 0 Å². The van der Waals surface area contributed by atoms with E-state index in [0.717, 1.165) is 48.5 Å². The molecule has 2 aliphatic heterocycles. The van der Waals surface area contributed by atoms with E-state index in [1.807, 2.05) is 0 Å². The maximum absolute atomic E-state index is 15.1. The first-order valence-corrected chi connectivity index (χ1v) is 17.3. The van der Waals surface area contributed by atoms with Gasteiger partial charge in [-0.15, -0.1) is 0 Å². The summed E-state index contributed by atoms with van der Waals surface area (Å²) in [6.45, 7) is 6.04. The standard InChI is InChI=1S/C36H43NO18/c1-16(38)48-15-35-27(52-19(4)41)24(43)23-26(51-18(3)40)36(35)34(8,47)28(25(50-17(2)39)29(35)53-20(5)42)54-31(45)32(6,46)12-11-22-21(10-9-13-37-22)30(44)49-14-33(23,7)55-36/h9-10,13,23,25-29,46-47H,11-12,14-15H2,1-8H3/t23-,25+,26-,27-,28+,29+,32-,33+,34+,35-,36+/m1/s1. The number of rotatable bonds is 6. The highest BCUT2D eigenvalue weighted by molar-refractivity contribution is 5.94. The molecule has 55 heavy (non-hydrogen) atoms. The molecule has 3 heterocycles. The molecule has 0 radical (unpaired) electrons.